The fraction of sp³-hybridized carbons (Fsp3) is 0.267. The minimum absolute atomic E-state index is 0. The van der Waals surface area contributed by atoms with Crippen LogP contribution in [0, 0.1) is 6.92 Å². The lowest BCUT2D eigenvalue weighted by molar-refractivity contribution is -0.122. The van der Waals surface area contributed by atoms with E-state index in [0.29, 0.717) is 6.54 Å². The molecule has 1 heterocycles. The molecule has 0 aliphatic heterocycles. The summed E-state index contributed by atoms with van der Waals surface area (Å²) in [5.74, 6) is -0.156. The Bertz CT molecular complexity index is 584. The zero-order valence-corrected chi connectivity index (χ0v) is 14.0. The zero-order chi connectivity index (χ0) is 14.5. The molecule has 1 amide bonds. The standard InChI is InChI=1S/C15H17ClN2OS.ClH/c1-10-2-4-11(5-3-10)14(17)15(19)18-9-8-12-6-7-13(16)20-12;/h2-7,14H,8-9,17H2,1H3,(H,18,19);1H. The van der Waals surface area contributed by atoms with Crippen LogP contribution >= 0.6 is 35.3 Å². The van der Waals surface area contributed by atoms with Crippen molar-refractivity contribution in [2.45, 2.75) is 19.4 Å². The molecule has 0 saturated carbocycles. The summed E-state index contributed by atoms with van der Waals surface area (Å²) < 4.78 is 0.766. The molecule has 1 atom stereocenters. The number of carbonyl (C=O) groups is 1. The van der Waals surface area contributed by atoms with Crippen molar-refractivity contribution in [3.63, 3.8) is 0 Å². The first kappa shape index (κ1) is 18.0. The summed E-state index contributed by atoms with van der Waals surface area (Å²) in [6.45, 7) is 2.57. The molecule has 2 rings (SSSR count). The molecule has 6 heteroatoms. The molecule has 3 N–H and O–H groups in total. The van der Waals surface area contributed by atoms with Crippen LogP contribution in [-0.4, -0.2) is 12.5 Å². The van der Waals surface area contributed by atoms with Gasteiger partial charge in [-0.1, -0.05) is 41.4 Å². The van der Waals surface area contributed by atoms with Crippen molar-refractivity contribution in [2.75, 3.05) is 6.54 Å². The Balaban J connectivity index is 0.00000220. The Hall–Kier alpha value is -1.07. The maximum absolute atomic E-state index is 12.0. The summed E-state index contributed by atoms with van der Waals surface area (Å²) in [7, 11) is 0. The normalized spacial score (nSPS) is 11.6. The van der Waals surface area contributed by atoms with Crippen LogP contribution in [0.25, 0.3) is 0 Å². The van der Waals surface area contributed by atoms with Crippen molar-refractivity contribution in [2.24, 2.45) is 5.73 Å². The fourth-order valence-electron chi connectivity index (χ4n) is 1.83. The number of thiophene rings is 1. The Morgan fingerprint density at radius 1 is 1.29 bits per heavy atom. The number of nitrogens with one attached hydrogen (secondary N) is 1. The van der Waals surface area contributed by atoms with Crippen LogP contribution in [0.1, 0.15) is 22.0 Å². The van der Waals surface area contributed by atoms with Gasteiger partial charge in [-0.3, -0.25) is 4.79 Å². The molecule has 1 unspecified atom stereocenters. The smallest absolute Gasteiger partial charge is 0.241 e. The molecule has 3 nitrogen and oxygen atoms in total. The third kappa shape index (κ3) is 5.32. The topological polar surface area (TPSA) is 55.1 Å². The van der Waals surface area contributed by atoms with Crippen molar-refractivity contribution in [3.8, 4) is 0 Å². The van der Waals surface area contributed by atoms with Gasteiger partial charge in [0.25, 0.3) is 0 Å². The van der Waals surface area contributed by atoms with Crippen molar-refractivity contribution in [3.05, 3.63) is 56.7 Å². The molecule has 2 aromatic rings. The number of halogens is 2. The van der Waals surface area contributed by atoms with Gasteiger partial charge >= 0.3 is 0 Å². The second-order valence-electron chi connectivity index (χ2n) is 4.64. The van der Waals surface area contributed by atoms with E-state index in [1.165, 1.54) is 11.3 Å². The molecule has 0 bridgehead atoms. The van der Waals surface area contributed by atoms with Crippen molar-refractivity contribution in [1.82, 2.24) is 5.32 Å². The summed E-state index contributed by atoms with van der Waals surface area (Å²) in [5, 5.41) is 2.85. The predicted octanol–water partition coefficient (Wildman–Crippen LogP) is 3.49. The average Bonchev–Trinajstić information content (AvgIpc) is 2.84. The van der Waals surface area contributed by atoms with Gasteiger partial charge in [0.2, 0.25) is 5.91 Å². The lowest BCUT2D eigenvalue weighted by atomic mass is 10.1. The molecule has 0 saturated heterocycles. The Morgan fingerprint density at radius 3 is 2.52 bits per heavy atom. The second-order valence-corrected chi connectivity index (χ2v) is 6.43. The van der Waals surface area contributed by atoms with E-state index < -0.39 is 6.04 Å². The molecule has 1 aromatic heterocycles. The molecular formula is C15H18Cl2N2OS. The van der Waals surface area contributed by atoms with Crippen molar-refractivity contribution in [1.29, 1.82) is 0 Å². The van der Waals surface area contributed by atoms with Gasteiger partial charge in [0.15, 0.2) is 0 Å². The third-order valence-corrected chi connectivity index (χ3v) is 4.31. The minimum atomic E-state index is -0.623. The molecule has 0 fully saturated rings. The van der Waals surface area contributed by atoms with E-state index in [4.69, 9.17) is 17.3 Å². The number of amides is 1. The van der Waals surface area contributed by atoms with Gasteiger partial charge in [0.1, 0.15) is 6.04 Å². The molecule has 0 spiro atoms. The highest BCUT2D eigenvalue weighted by Gasteiger charge is 2.14. The second kappa shape index (κ2) is 8.39. The highest BCUT2D eigenvalue weighted by molar-refractivity contribution is 7.16. The van der Waals surface area contributed by atoms with Crippen LogP contribution in [-0.2, 0) is 11.2 Å². The quantitative estimate of drug-likeness (QED) is 0.872. The molecule has 21 heavy (non-hydrogen) atoms. The first-order chi connectivity index (χ1) is 9.56. The van der Waals surface area contributed by atoms with Crippen LogP contribution in [0.2, 0.25) is 4.34 Å². The Kier molecular flexibility index (Phi) is 7.18. The summed E-state index contributed by atoms with van der Waals surface area (Å²) in [4.78, 5) is 13.1. The van der Waals surface area contributed by atoms with Crippen LogP contribution in [0.15, 0.2) is 36.4 Å². The van der Waals surface area contributed by atoms with E-state index in [2.05, 4.69) is 5.32 Å². The summed E-state index contributed by atoms with van der Waals surface area (Å²) in [6.07, 6.45) is 0.768. The highest BCUT2D eigenvalue weighted by Crippen LogP contribution is 2.21. The zero-order valence-electron chi connectivity index (χ0n) is 11.6. The first-order valence-electron chi connectivity index (χ1n) is 6.40. The molecule has 1 aromatic carbocycles. The average molecular weight is 345 g/mol. The number of nitrogens with two attached hydrogens (primary N) is 1. The molecule has 0 aliphatic carbocycles. The molecular weight excluding hydrogens is 327 g/mol. The largest absolute Gasteiger partial charge is 0.354 e. The highest BCUT2D eigenvalue weighted by atomic mass is 35.5. The van der Waals surface area contributed by atoms with Crippen LogP contribution < -0.4 is 11.1 Å². The Labute approximate surface area is 139 Å². The molecule has 114 valence electrons. The lowest BCUT2D eigenvalue weighted by Gasteiger charge is -2.12. The van der Waals surface area contributed by atoms with Gasteiger partial charge in [-0.25, -0.2) is 0 Å². The summed E-state index contributed by atoms with van der Waals surface area (Å²) in [6, 6.07) is 10.9. The maximum atomic E-state index is 12.0. The van der Waals surface area contributed by atoms with E-state index in [0.717, 1.165) is 26.8 Å². The predicted molar refractivity (Wildman–Crippen MR) is 91.4 cm³/mol. The Morgan fingerprint density at radius 2 is 1.95 bits per heavy atom. The number of hydrogen-bond donors (Lipinski definition) is 2. The monoisotopic (exact) mass is 344 g/mol. The van der Waals surface area contributed by atoms with Crippen molar-refractivity contribution >= 4 is 41.3 Å². The number of rotatable bonds is 5. The van der Waals surface area contributed by atoms with E-state index in [1.54, 1.807) is 0 Å². The SMILES string of the molecule is Cc1ccc(C(N)C(=O)NCCc2ccc(Cl)s2)cc1.Cl. The van der Waals surface area contributed by atoms with E-state index in [9.17, 15) is 4.79 Å². The summed E-state index contributed by atoms with van der Waals surface area (Å²) >= 11 is 7.38. The van der Waals surface area contributed by atoms with Crippen LogP contribution in [0.5, 0.6) is 0 Å². The number of aryl methyl sites for hydroxylation is 1. The number of benzene rings is 1. The first-order valence-corrected chi connectivity index (χ1v) is 7.60. The van der Waals surface area contributed by atoms with Crippen LogP contribution in [0.4, 0.5) is 0 Å². The number of carbonyl (C=O) groups excluding carboxylic acids is 1. The number of hydrogen-bond acceptors (Lipinski definition) is 3. The van der Waals surface area contributed by atoms with Gasteiger partial charge in [-0.05, 0) is 31.0 Å². The molecule has 0 aliphatic rings. The fourth-order valence-corrected chi connectivity index (χ4v) is 2.92. The van der Waals surface area contributed by atoms with Gasteiger partial charge in [0.05, 0.1) is 4.34 Å². The minimum Gasteiger partial charge on any atom is -0.354 e. The van der Waals surface area contributed by atoms with E-state index in [-0.39, 0.29) is 18.3 Å². The van der Waals surface area contributed by atoms with E-state index in [1.807, 2.05) is 43.3 Å². The van der Waals surface area contributed by atoms with E-state index >= 15 is 0 Å². The van der Waals surface area contributed by atoms with Gasteiger partial charge in [-0.15, -0.1) is 23.7 Å². The maximum Gasteiger partial charge on any atom is 0.241 e. The van der Waals surface area contributed by atoms with Gasteiger partial charge < -0.3 is 11.1 Å². The van der Waals surface area contributed by atoms with Gasteiger partial charge in [-0.2, -0.15) is 0 Å². The van der Waals surface area contributed by atoms with Crippen molar-refractivity contribution < 1.29 is 4.79 Å². The third-order valence-electron chi connectivity index (χ3n) is 3.02. The lowest BCUT2D eigenvalue weighted by Crippen LogP contribution is -2.35. The van der Waals surface area contributed by atoms with Crippen LogP contribution in [0.3, 0.4) is 0 Å². The molecule has 0 radical (unpaired) electrons. The summed E-state index contributed by atoms with van der Waals surface area (Å²) in [5.41, 5.74) is 7.92. The van der Waals surface area contributed by atoms with Gasteiger partial charge in [0, 0.05) is 11.4 Å².